The maximum atomic E-state index is 14.4. The lowest BCUT2D eigenvalue weighted by atomic mass is 9.84. The summed E-state index contributed by atoms with van der Waals surface area (Å²) in [6.45, 7) is 18.4. The van der Waals surface area contributed by atoms with Crippen molar-refractivity contribution in [2.45, 2.75) is 150 Å². The normalized spacial score (nSPS) is 18.3. The summed E-state index contributed by atoms with van der Waals surface area (Å²) in [7, 11) is 0. The number of benzene rings is 1. The number of esters is 1. The van der Waals surface area contributed by atoms with Crippen LogP contribution in [0.4, 0.5) is 4.79 Å². The smallest absolute Gasteiger partial charge is 0.408 e. The van der Waals surface area contributed by atoms with Crippen LogP contribution < -0.4 is 10.6 Å². The number of hydrogen-bond acceptors (Lipinski definition) is 8. The summed E-state index contributed by atoms with van der Waals surface area (Å²) in [5.74, 6) is -1.82. The van der Waals surface area contributed by atoms with Crippen molar-refractivity contribution < 1.29 is 38.2 Å². The third-order valence-corrected chi connectivity index (χ3v) is 9.89. The number of rotatable bonds is 17. The van der Waals surface area contributed by atoms with Gasteiger partial charge in [0.15, 0.2) is 11.6 Å². The van der Waals surface area contributed by atoms with Gasteiger partial charge >= 0.3 is 12.1 Å². The Labute approximate surface area is 327 Å². The average molecular weight is 762 g/mol. The molecule has 55 heavy (non-hydrogen) atoms. The van der Waals surface area contributed by atoms with Crippen LogP contribution in [0.5, 0.6) is 0 Å². The van der Waals surface area contributed by atoms with Gasteiger partial charge in [-0.15, -0.1) is 0 Å². The molecule has 3 rings (SSSR count). The van der Waals surface area contributed by atoms with E-state index >= 15 is 0 Å². The molecule has 0 aromatic heterocycles. The zero-order valence-electron chi connectivity index (χ0n) is 34.6. The van der Waals surface area contributed by atoms with E-state index in [4.69, 9.17) is 9.47 Å². The van der Waals surface area contributed by atoms with Crippen molar-refractivity contribution in [3.63, 3.8) is 0 Å². The molecular formula is C44H63N3O8. The molecule has 1 aromatic carbocycles. The molecule has 1 fully saturated rings. The lowest BCUT2D eigenvalue weighted by Crippen LogP contribution is -2.52. The van der Waals surface area contributed by atoms with Crippen LogP contribution in [-0.2, 0) is 39.9 Å². The zero-order chi connectivity index (χ0) is 41.0. The van der Waals surface area contributed by atoms with E-state index in [2.05, 4.69) is 24.5 Å². The number of likely N-dealkylation sites (tertiary alicyclic amines) is 1. The standard InChI is InChI=1S/C44H63N3O8/c1-27(2)25-34(45-43(53)55-44(8,9)10)23-22-33(26-32-17-12-11-13-18-32)41(51)47-24-16-21-37(47)40(50)46-36(42(52)54-28(3)4)20-15-14-19-35-31(7)38(48)29(5)30(6)39(35)49/h11-13,17-18,22-23,27-28,33-34,36-37H,14-16,19-21,24-26H2,1-10H3,(H,45,53)(H,46,50)/b23-22+/t33-,34-,36+,37+/m1/s1. The fraction of sp³-hybridized carbons (Fsp3) is 0.591. The Kier molecular flexibility index (Phi) is 16.6. The Morgan fingerprint density at radius 1 is 0.891 bits per heavy atom. The maximum absolute atomic E-state index is 14.4. The van der Waals surface area contributed by atoms with Crippen molar-refractivity contribution in [2.75, 3.05) is 6.54 Å². The fourth-order valence-electron chi connectivity index (χ4n) is 6.98. The fourth-order valence-corrected chi connectivity index (χ4v) is 6.98. The Morgan fingerprint density at radius 3 is 2.16 bits per heavy atom. The molecule has 1 heterocycles. The third-order valence-electron chi connectivity index (χ3n) is 9.89. The molecule has 0 unspecified atom stereocenters. The molecular weight excluding hydrogens is 698 g/mol. The number of Topliss-reactive ketones (excluding diaryl/α,β-unsaturated/α-hetero) is 2. The van der Waals surface area contributed by atoms with Gasteiger partial charge in [0.05, 0.1) is 18.1 Å². The summed E-state index contributed by atoms with van der Waals surface area (Å²) in [6, 6.07) is 7.54. The number of allylic oxidation sites excluding steroid dienone is 4. The van der Waals surface area contributed by atoms with E-state index in [1.54, 1.807) is 60.3 Å². The lowest BCUT2D eigenvalue weighted by molar-refractivity contribution is -0.152. The minimum atomic E-state index is -0.953. The van der Waals surface area contributed by atoms with E-state index < -0.39 is 47.7 Å². The van der Waals surface area contributed by atoms with Crippen molar-refractivity contribution in [1.29, 1.82) is 0 Å². The van der Waals surface area contributed by atoms with Crippen molar-refractivity contribution >= 4 is 35.4 Å². The predicted molar refractivity (Wildman–Crippen MR) is 213 cm³/mol. The van der Waals surface area contributed by atoms with Crippen LogP contribution in [0.15, 0.2) is 64.8 Å². The van der Waals surface area contributed by atoms with Crippen LogP contribution in [0.2, 0.25) is 0 Å². The minimum Gasteiger partial charge on any atom is -0.461 e. The third kappa shape index (κ3) is 13.6. The highest BCUT2D eigenvalue weighted by Gasteiger charge is 2.38. The summed E-state index contributed by atoms with van der Waals surface area (Å²) in [6.07, 6.45) is 6.50. The summed E-state index contributed by atoms with van der Waals surface area (Å²) in [5.41, 5.74) is 2.17. The van der Waals surface area contributed by atoms with Crippen molar-refractivity contribution in [3.8, 4) is 0 Å². The Bertz CT molecular complexity index is 1650. The number of carbonyl (C=O) groups is 6. The average Bonchev–Trinajstić information content (AvgIpc) is 3.60. The minimum absolute atomic E-state index is 0.122. The molecule has 0 bridgehead atoms. The first-order chi connectivity index (χ1) is 25.8. The van der Waals surface area contributed by atoms with E-state index in [0.717, 1.165) is 5.56 Å². The molecule has 3 amide bonds. The van der Waals surface area contributed by atoms with Gasteiger partial charge in [0.25, 0.3) is 0 Å². The maximum Gasteiger partial charge on any atom is 0.408 e. The van der Waals surface area contributed by atoms with Crippen molar-refractivity contribution in [1.82, 2.24) is 15.5 Å². The highest BCUT2D eigenvalue weighted by molar-refractivity contribution is 6.24. The monoisotopic (exact) mass is 761 g/mol. The number of ether oxygens (including phenoxy) is 2. The summed E-state index contributed by atoms with van der Waals surface area (Å²) in [4.78, 5) is 81.5. The number of ketones is 2. The SMILES string of the molecule is CC1=C(C)C(=O)C(CCCC[C@H](NC(=O)[C@@H]2CCCN2C(=O)[C@H](/C=C/[C@H](CC(C)C)NC(=O)OC(C)(C)C)Cc2ccccc2)C(=O)OC(C)C)=C(C)C1=O. The topological polar surface area (TPSA) is 148 Å². The van der Waals surface area contributed by atoms with Crippen LogP contribution >= 0.6 is 0 Å². The molecule has 4 atom stereocenters. The molecule has 0 radical (unpaired) electrons. The van der Waals surface area contributed by atoms with Crippen molar-refractivity contribution in [2.24, 2.45) is 11.8 Å². The molecule has 1 aliphatic carbocycles. The van der Waals surface area contributed by atoms with E-state index in [1.165, 1.54) is 0 Å². The second-order valence-electron chi connectivity index (χ2n) is 16.6. The summed E-state index contributed by atoms with van der Waals surface area (Å²) in [5, 5.41) is 5.84. The molecule has 0 saturated carbocycles. The Morgan fingerprint density at radius 2 is 1.55 bits per heavy atom. The number of nitrogens with zero attached hydrogens (tertiary/aromatic N) is 1. The highest BCUT2D eigenvalue weighted by atomic mass is 16.6. The van der Waals surface area contributed by atoms with E-state index in [-0.39, 0.29) is 35.9 Å². The zero-order valence-corrected chi connectivity index (χ0v) is 34.6. The molecule has 1 aromatic rings. The van der Waals surface area contributed by atoms with Crippen LogP contribution in [0.3, 0.4) is 0 Å². The molecule has 2 N–H and O–H groups in total. The van der Waals surface area contributed by atoms with E-state index in [1.807, 2.05) is 42.5 Å². The molecule has 11 heteroatoms. The van der Waals surface area contributed by atoms with E-state index in [9.17, 15) is 28.8 Å². The van der Waals surface area contributed by atoms with Gasteiger partial charge in [0, 0.05) is 28.8 Å². The molecule has 2 aliphatic rings. The molecule has 11 nitrogen and oxygen atoms in total. The number of nitrogens with one attached hydrogen (secondary N) is 2. The first-order valence-electron chi connectivity index (χ1n) is 19.8. The van der Waals surface area contributed by atoms with Gasteiger partial charge in [-0.05, 0) is 112 Å². The number of alkyl carbamates (subject to hydrolysis) is 1. The highest BCUT2D eigenvalue weighted by Crippen LogP contribution is 2.28. The first kappa shape index (κ1) is 44.9. The number of amides is 3. The van der Waals surface area contributed by atoms with Gasteiger partial charge in [0.2, 0.25) is 11.8 Å². The summed E-state index contributed by atoms with van der Waals surface area (Å²) >= 11 is 0. The first-order valence-corrected chi connectivity index (χ1v) is 19.8. The number of carbonyl (C=O) groups excluding carboxylic acids is 6. The van der Waals surface area contributed by atoms with Gasteiger partial charge in [-0.3, -0.25) is 19.2 Å². The van der Waals surface area contributed by atoms with Gasteiger partial charge in [0.1, 0.15) is 17.7 Å². The van der Waals surface area contributed by atoms with Gasteiger partial charge < -0.3 is 25.0 Å². The molecule has 0 spiro atoms. The van der Waals surface area contributed by atoms with Crippen LogP contribution in [0.1, 0.15) is 120 Å². The van der Waals surface area contributed by atoms with Crippen LogP contribution in [0.25, 0.3) is 0 Å². The Hall–Kier alpha value is -4.54. The number of hydrogen-bond donors (Lipinski definition) is 2. The largest absolute Gasteiger partial charge is 0.461 e. The molecule has 1 aliphatic heterocycles. The lowest BCUT2D eigenvalue weighted by Gasteiger charge is -2.29. The second-order valence-corrected chi connectivity index (χ2v) is 16.6. The predicted octanol–water partition coefficient (Wildman–Crippen LogP) is 7.13. The quantitative estimate of drug-likeness (QED) is 0.0738. The van der Waals surface area contributed by atoms with Crippen LogP contribution in [0, 0.1) is 11.8 Å². The second kappa shape index (κ2) is 20.4. The van der Waals surface area contributed by atoms with Crippen molar-refractivity contribution in [3.05, 3.63) is 70.3 Å². The van der Waals surface area contributed by atoms with Gasteiger partial charge in [-0.2, -0.15) is 0 Å². The molecule has 1 saturated heterocycles. The van der Waals surface area contributed by atoms with Crippen LogP contribution in [-0.4, -0.2) is 76.7 Å². The van der Waals surface area contributed by atoms with Gasteiger partial charge in [-0.1, -0.05) is 62.8 Å². The van der Waals surface area contributed by atoms with Gasteiger partial charge in [-0.25, -0.2) is 9.59 Å². The Balaban J connectivity index is 1.78. The number of unbranched alkanes of at least 4 members (excludes halogenated alkanes) is 1. The van der Waals surface area contributed by atoms with E-state index in [0.29, 0.717) is 73.8 Å². The molecule has 302 valence electrons. The summed E-state index contributed by atoms with van der Waals surface area (Å²) < 4.78 is 11.0.